The van der Waals surface area contributed by atoms with E-state index >= 15 is 0 Å². The van der Waals surface area contributed by atoms with E-state index < -0.39 is 0 Å². The average Bonchev–Trinajstić information content (AvgIpc) is 2.82. The fourth-order valence-electron chi connectivity index (χ4n) is 2.69. The van der Waals surface area contributed by atoms with Crippen molar-refractivity contribution >= 4 is 28.1 Å². The summed E-state index contributed by atoms with van der Waals surface area (Å²) in [5, 5.41) is 13.1. The summed E-state index contributed by atoms with van der Waals surface area (Å²) in [6, 6.07) is 21.8. The molecule has 32 heavy (non-hydrogen) atoms. The van der Waals surface area contributed by atoms with Gasteiger partial charge in [-0.05, 0) is 54.1 Å². The zero-order valence-electron chi connectivity index (χ0n) is 17.2. The molecule has 0 aliphatic heterocycles. The highest BCUT2D eigenvalue weighted by Gasteiger charge is 2.08. The predicted octanol–water partition coefficient (Wildman–Crippen LogP) is 4.44. The number of methoxy groups -OCH3 is 1. The lowest BCUT2D eigenvalue weighted by atomic mass is 10.1. The van der Waals surface area contributed by atoms with E-state index in [4.69, 9.17) is 14.2 Å². The summed E-state index contributed by atoms with van der Waals surface area (Å²) in [5.41, 5.74) is 4.48. The van der Waals surface area contributed by atoms with Crippen LogP contribution in [0.4, 0.5) is 0 Å². The van der Waals surface area contributed by atoms with Gasteiger partial charge >= 0.3 is 0 Å². The molecule has 0 aliphatic carbocycles. The SMILES string of the molecule is COc1cc(/C=N\NC(=O)COc2ccc(Br)cc2)ccc1OCc1ccccc1C#N. The number of hydrazone groups is 1. The first-order chi connectivity index (χ1) is 15.6. The highest BCUT2D eigenvalue weighted by Crippen LogP contribution is 2.28. The molecular weight excluding hydrogens is 474 g/mol. The Morgan fingerprint density at radius 2 is 1.88 bits per heavy atom. The number of hydrogen-bond acceptors (Lipinski definition) is 6. The molecule has 0 saturated heterocycles. The van der Waals surface area contributed by atoms with Gasteiger partial charge in [0.05, 0.1) is 25.0 Å². The minimum atomic E-state index is -0.382. The summed E-state index contributed by atoms with van der Waals surface area (Å²) in [4.78, 5) is 11.9. The van der Waals surface area contributed by atoms with Crippen molar-refractivity contribution in [3.05, 3.63) is 87.9 Å². The third-order valence-electron chi connectivity index (χ3n) is 4.30. The maximum absolute atomic E-state index is 11.9. The van der Waals surface area contributed by atoms with E-state index in [-0.39, 0.29) is 19.1 Å². The molecule has 1 amide bonds. The molecule has 0 aromatic heterocycles. The van der Waals surface area contributed by atoms with Crippen molar-refractivity contribution < 1.29 is 19.0 Å². The number of amides is 1. The quantitative estimate of drug-likeness (QED) is 0.351. The largest absolute Gasteiger partial charge is 0.493 e. The van der Waals surface area contributed by atoms with Crippen LogP contribution < -0.4 is 19.6 Å². The number of hydrogen-bond donors (Lipinski definition) is 1. The lowest BCUT2D eigenvalue weighted by Crippen LogP contribution is -2.24. The second-order valence-electron chi connectivity index (χ2n) is 6.50. The molecule has 0 fully saturated rings. The van der Waals surface area contributed by atoms with Gasteiger partial charge in [-0.3, -0.25) is 4.79 Å². The Kier molecular flexibility index (Phi) is 8.23. The van der Waals surface area contributed by atoms with E-state index in [1.165, 1.54) is 13.3 Å². The molecule has 0 heterocycles. The fourth-order valence-corrected chi connectivity index (χ4v) is 2.95. The van der Waals surface area contributed by atoms with Crippen molar-refractivity contribution in [3.63, 3.8) is 0 Å². The van der Waals surface area contributed by atoms with Crippen LogP contribution in [0.25, 0.3) is 0 Å². The van der Waals surface area contributed by atoms with Crippen molar-refractivity contribution in [3.8, 4) is 23.3 Å². The molecule has 7 nitrogen and oxygen atoms in total. The molecule has 8 heteroatoms. The van der Waals surface area contributed by atoms with Crippen LogP contribution in [-0.2, 0) is 11.4 Å². The number of halogens is 1. The van der Waals surface area contributed by atoms with Crippen molar-refractivity contribution in [2.24, 2.45) is 5.10 Å². The second kappa shape index (κ2) is 11.5. The van der Waals surface area contributed by atoms with Gasteiger partial charge in [0.15, 0.2) is 18.1 Å². The van der Waals surface area contributed by atoms with Crippen LogP contribution in [0.5, 0.6) is 17.2 Å². The van der Waals surface area contributed by atoms with E-state index in [1.54, 1.807) is 36.4 Å². The van der Waals surface area contributed by atoms with Gasteiger partial charge in [0.2, 0.25) is 0 Å². The Balaban J connectivity index is 1.54. The van der Waals surface area contributed by atoms with E-state index in [0.717, 1.165) is 10.0 Å². The fraction of sp³-hybridized carbons (Fsp3) is 0.125. The lowest BCUT2D eigenvalue weighted by molar-refractivity contribution is -0.123. The van der Waals surface area contributed by atoms with E-state index in [1.807, 2.05) is 30.3 Å². The molecule has 0 saturated carbocycles. The van der Waals surface area contributed by atoms with Crippen molar-refractivity contribution in [2.75, 3.05) is 13.7 Å². The minimum Gasteiger partial charge on any atom is -0.493 e. The van der Waals surface area contributed by atoms with Crippen LogP contribution in [0.3, 0.4) is 0 Å². The standard InChI is InChI=1S/C24H20BrN3O4/c1-30-23-12-17(6-11-22(23)32-15-19-5-3-2-4-18(19)13-26)14-27-28-24(29)16-31-21-9-7-20(25)8-10-21/h2-12,14H,15-16H2,1H3,(H,28,29)/b27-14-. The average molecular weight is 494 g/mol. The number of benzene rings is 3. The van der Waals surface area contributed by atoms with Gasteiger partial charge < -0.3 is 14.2 Å². The molecule has 0 spiro atoms. The van der Waals surface area contributed by atoms with Gasteiger partial charge in [-0.15, -0.1) is 0 Å². The Labute approximate surface area is 194 Å². The Bertz CT molecular complexity index is 1140. The molecule has 1 N–H and O–H groups in total. The van der Waals surface area contributed by atoms with Crippen molar-refractivity contribution in [1.29, 1.82) is 5.26 Å². The number of carbonyl (C=O) groups is 1. The van der Waals surface area contributed by atoms with Gasteiger partial charge in [0.1, 0.15) is 12.4 Å². The molecular formula is C24H20BrN3O4. The molecule has 0 atom stereocenters. The number of nitrogens with zero attached hydrogens (tertiary/aromatic N) is 2. The number of nitriles is 1. The normalized spacial score (nSPS) is 10.4. The third-order valence-corrected chi connectivity index (χ3v) is 4.82. The summed E-state index contributed by atoms with van der Waals surface area (Å²) in [7, 11) is 1.54. The van der Waals surface area contributed by atoms with Gasteiger partial charge in [0, 0.05) is 10.0 Å². The molecule has 3 aromatic rings. The molecule has 0 aliphatic rings. The Morgan fingerprint density at radius 3 is 2.62 bits per heavy atom. The summed E-state index contributed by atoms with van der Waals surface area (Å²) < 4.78 is 17.5. The molecule has 162 valence electrons. The topological polar surface area (TPSA) is 92.9 Å². The summed E-state index contributed by atoms with van der Waals surface area (Å²) in [5.74, 6) is 1.25. The van der Waals surface area contributed by atoms with Crippen LogP contribution in [-0.4, -0.2) is 25.8 Å². The summed E-state index contributed by atoms with van der Waals surface area (Å²) >= 11 is 3.34. The van der Waals surface area contributed by atoms with E-state index in [2.05, 4.69) is 32.5 Å². The summed E-state index contributed by atoms with van der Waals surface area (Å²) in [6.07, 6.45) is 1.49. The Morgan fingerprint density at radius 1 is 1.09 bits per heavy atom. The Hall–Kier alpha value is -3.83. The van der Waals surface area contributed by atoms with Crippen LogP contribution in [0.2, 0.25) is 0 Å². The first-order valence-corrected chi connectivity index (χ1v) is 10.4. The van der Waals surface area contributed by atoms with Crippen LogP contribution in [0.15, 0.2) is 76.3 Å². The number of nitrogens with one attached hydrogen (secondary N) is 1. The molecule has 3 aromatic carbocycles. The predicted molar refractivity (Wildman–Crippen MR) is 124 cm³/mol. The lowest BCUT2D eigenvalue weighted by Gasteiger charge is -2.12. The number of carbonyl (C=O) groups excluding carboxylic acids is 1. The highest BCUT2D eigenvalue weighted by molar-refractivity contribution is 9.10. The van der Waals surface area contributed by atoms with Crippen LogP contribution in [0.1, 0.15) is 16.7 Å². The van der Waals surface area contributed by atoms with Gasteiger partial charge in [0.25, 0.3) is 5.91 Å². The van der Waals surface area contributed by atoms with E-state index in [9.17, 15) is 10.1 Å². The maximum atomic E-state index is 11.9. The monoisotopic (exact) mass is 493 g/mol. The third kappa shape index (κ3) is 6.59. The minimum absolute atomic E-state index is 0.154. The smallest absolute Gasteiger partial charge is 0.277 e. The van der Waals surface area contributed by atoms with Crippen LogP contribution in [0, 0.1) is 11.3 Å². The number of ether oxygens (including phenoxy) is 3. The van der Waals surface area contributed by atoms with E-state index in [0.29, 0.717) is 28.4 Å². The maximum Gasteiger partial charge on any atom is 0.277 e. The van der Waals surface area contributed by atoms with Crippen molar-refractivity contribution in [1.82, 2.24) is 5.43 Å². The zero-order chi connectivity index (χ0) is 22.8. The zero-order valence-corrected chi connectivity index (χ0v) is 18.8. The van der Waals surface area contributed by atoms with Gasteiger partial charge in [-0.2, -0.15) is 10.4 Å². The molecule has 0 unspecified atom stereocenters. The molecule has 3 rings (SSSR count). The van der Waals surface area contributed by atoms with Crippen LogP contribution >= 0.6 is 15.9 Å². The second-order valence-corrected chi connectivity index (χ2v) is 7.42. The summed E-state index contributed by atoms with van der Waals surface area (Å²) in [6.45, 7) is 0.0845. The number of rotatable bonds is 9. The van der Waals surface area contributed by atoms with Crippen molar-refractivity contribution in [2.45, 2.75) is 6.61 Å². The van der Waals surface area contributed by atoms with Gasteiger partial charge in [-0.25, -0.2) is 5.43 Å². The van der Waals surface area contributed by atoms with Gasteiger partial charge in [-0.1, -0.05) is 34.1 Å². The first-order valence-electron chi connectivity index (χ1n) is 9.58. The molecule has 0 radical (unpaired) electrons. The first kappa shape index (κ1) is 22.8. The highest BCUT2D eigenvalue weighted by atomic mass is 79.9. The molecule has 0 bridgehead atoms.